The van der Waals surface area contributed by atoms with Gasteiger partial charge in [0.05, 0.1) is 17.1 Å². The molecule has 86 valence electrons. The Morgan fingerprint density at radius 3 is 2.81 bits per heavy atom. The fourth-order valence-electron chi connectivity index (χ4n) is 1.11. The average Bonchev–Trinajstić information content (AvgIpc) is 2.30. The summed E-state index contributed by atoms with van der Waals surface area (Å²) in [6.07, 6.45) is 0. The lowest BCUT2D eigenvalue weighted by molar-refractivity contribution is 0.0964. The third-order valence-corrected chi connectivity index (χ3v) is 2.34. The van der Waals surface area contributed by atoms with Gasteiger partial charge in [-0.3, -0.25) is 4.79 Å². The van der Waals surface area contributed by atoms with Gasteiger partial charge in [0.1, 0.15) is 5.84 Å². The number of carbonyl (C=O) groups is 1. The molecule has 0 bridgehead atoms. The largest absolute Gasteiger partial charge is 0.386 e. The highest BCUT2D eigenvalue weighted by Gasteiger charge is 2.10. The van der Waals surface area contributed by atoms with Gasteiger partial charge in [-0.25, -0.2) is 4.99 Å². The van der Waals surface area contributed by atoms with Gasteiger partial charge in [0.15, 0.2) is 0 Å². The smallest absolute Gasteiger partial charge is 0.253 e. The first-order valence-electron chi connectivity index (χ1n) is 4.49. The molecule has 4 nitrogen and oxygen atoms in total. The second kappa shape index (κ2) is 5.72. The van der Waals surface area contributed by atoms with E-state index in [1.807, 2.05) is 0 Å². The van der Waals surface area contributed by atoms with Crippen molar-refractivity contribution >= 4 is 40.6 Å². The van der Waals surface area contributed by atoms with E-state index < -0.39 is 0 Å². The Morgan fingerprint density at radius 1 is 1.56 bits per heavy atom. The SMILES string of the molecule is CNC(=O)c1cc(Cl)ccc1N=C(N)CCl. The van der Waals surface area contributed by atoms with E-state index in [1.165, 1.54) is 13.1 Å². The molecule has 0 saturated carbocycles. The molecule has 0 aromatic heterocycles. The van der Waals surface area contributed by atoms with Crippen molar-refractivity contribution in [1.82, 2.24) is 5.32 Å². The summed E-state index contributed by atoms with van der Waals surface area (Å²) in [5, 5.41) is 2.96. The van der Waals surface area contributed by atoms with Crippen LogP contribution in [0.4, 0.5) is 5.69 Å². The average molecular weight is 260 g/mol. The summed E-state index contributed by atoms with van der Waals surface area (Å²) in [6.45, 7) is 0. The normalized spacial score (nSPS) is 11.3. The summed E-state index contributed by atoms with van der Waals surface area (Å²) in [5.41, 5.74) is 6.32. The molecule has 16 heavy (non-hydrogen) atoms. The van der Waals surface area contributed by atoms with Crippen LogP contribution >= 0.6 is 23.2 Å². The Labute approximate surface area is 103 Å². The van der Waals surface area contributed by atoms with Crippen LogP contribution in [-0.2, 0) is 0 Å². The third kappa shape index (κ3) is 3.12. The van der Waals surface area contributed by atoms with Gasteiger partial charge in [-0.15, -0.1) is 11.6 Å². The van der Waals surface area contributed by atoms with Crippen LogP contribution < -0.4 is 11.1 Å². The molecule has 1 rings (SSSR count). The number of amidine groups is 1. The van der Waals surface area contributed by atoms with Gasteiger partial charge in [0.25, 0.3) is 5.91 Å². The van der Waals surface area contributed by atoms with E-state index >= 15 is 0 Å². The van der Waals surface area contributed by atoms with Crippen molar-refractivity contribution < 1.29 is 4.79 Å². The minimum Gasteiger partial charge on any atom is -0.386 e. The molecule has 6 heteroatoms. The highest BCUT2D eigenvalue weighted by atomic mass is 35.5. The van der Waals surface area contributed by atoms with Crippen LogP contribution in [0.3, 0.4) is 0 Å². The first-order chi connectivity index (χ1) is 7.58. The van der Waals surface area contributed by atoms with Crippen molar-refractivity contribution in [3.8, 4) is 0 Å². The lowest BCUT2D eigenvalue weighted by Gasteiger charge is -2.05. The maximum absolute atomic E-state index is 11.5. The van der Waals surface area contributed by atoms with Crippen LogP contribution in [-0.4, -0.2) is 24.7 Å². The molecular weight excluding hydrogens is 249 g/mol. The zero-order valence-corrected chi connectivity index (χ0v) is 10.1. The van der Waals surface area contributed by atoms with Crippen LogP contribution in [0.5, 0.6) is 0 Å². The molecule has 1 aromatic carbocycles. The monoisotopic (exact) mass is 259 g/mol. The van der Waals surface area contributed by atoms with Crippen LogP contribution in [0.1, 0.15) is 10.4 Å². The summed E-state index contributed by atoms with van der Waals surface area (Å²) in [7, 11) is 1.53. The van der Waals surface area contributed by atoms with E-state index in [0.717, 1.165) is 0 Å². The number of nitrogens with two attached hydrogens (primary N) is 1. The molecule has 0 spiro atoms. The van der Waals surface area contributed by atoms with Crippen molar-refractivity contribution in [2.24, 2.45) is 10.7 Å². The lowest BCUT2D eigenvalue weighted by Crippen LogP contribution is -2.18. The topological polar surface area (TPSA) is 67.5 Å². The maximum atomic E-state index is 11.5. The number of nitrogens with one attached hydrogen (secondary N) is 1. The Balaban J connectivity index is 3.23. The second-order valence-corrected chi connectivity index (χ2v) is 3.68. The number of alkyl halides is 1. The number of hydrogen-bond donors (Lipinski definition) is 2. The molecule has 0 atom stereocenters. The van der Waals surface area contributed by atoms with Crippen LogP contribution in [0.2, 0.25) is 5.02 Å². The summed E-state index contributed by atoms with van der Waals surface area (Å²) < 4.78 is 0. The molecular formula is C10H11Cl2N3O. The molecule has 0 aliphatic carbocycles. The molecule has 1 aromatic rings. The maximum Gasteiger partial charge on any atom is 0.253 e. The predicted octanol–water partition coefficient (Wildman–Crippen LogP) is 1.93. The van der Waals surface area contributed by atoms with E-state index in [-0.39, 0.29) is 17.6 Å². The van der Waals surface area contributed by atoms with Gasteiger partial charge < -0.3 is 11.1 Å². The van der Waals surface area contributed by atoms with Crippen molar-refractivity contribution in [2.75, 3.05) is 12.9 Å². The molecule has 3 N–H and O–H groups in total. The molecule has 1 amide bonds. The zero-order chi connectivity index (χ0) is 12.1. The number of aliphatic imine (C=N–C) groups is 1. The summed E-state index contributed by atoms with van der Waals surface area (Å²) in [5.74, 6) is 0.0771. The van der Waals surface area contributed by atoms with Crippen molar-refractivity contribution in [2.45, 2.75) is 0 Å². The number of hydrogen-bond acceptors (Lipinski definition) is 2. The highest BCUT2D eigenvalue weighted by molar-refractivity contribution is 6.31. The molecule has 0 saturated heterocycles. The molecule has 0 unspecified atom stereocenters. The summed E-state index contributed by atoms with van der Waals surface area (Å²) in [4.78, 5) is 15.6. The Kier molecular flexibility index (Phi) is 4.58. The number of nitrogens with zero attached hydrogens (tertiary/aromatic N) is 1. The Bertz CT molecular complexity index is 432. The minimum absolute atomic E-state index is 0.107. The first-order valence-corrected chi connectivity index (χ1v) is 5.40. The summed E-state index contributed by atoms with van der Waals surface area (Å²) in [6, 6.07) is 4.78. The molecule has 0 fully saturated rings. The Hall–Kier alpha value is -1.26. The fraction of sp³-hybridized carbons (Fsp3) is 0.200. The molecule has 0 radical (unpaired) electrons. The molecule has 0 aliphatic rings. The highest BCUT2D eigenvalue weighted by Crippen LogP contribution is 2.23. The standard InChI is InChI=1S/C10H11Cl2N3O/c1-14-10(16)7-4-6(12)2-3-8(7)15-9(13)5-11/h2-4H,5H2,1H3,(H2,13,15)(H,14,16). The number of rotatable bonds is 3. The number of halogens is 2. The van der Waals surface area contributed by atoms with Crippen LogP contribution in [0, 0.1) is 0 Å². The number of benzene rings is 1. The van der Waals surface area contributed by atoms with Crippen molar-refractivity contribution in [1.29, 1.82) is 0 Å². The van der Waals surface area contributed by atoms with E-state index in [0.29, 0.717) is 16.3 Å². The van der Waals surface area contributed by atoms with E-state index in [4.69, 9.17) is 28.9 Å². The van der Waals surface area contributed by atoms with Gasteiger partial charge in [0.2, 0.25) is 0 Å². The van der Waals surface area contributed by atoms with Gasteiger partial charge >= 0.3 is 0 Å². The number of amides is 1. The van der Waals surface area contributed by atoms with Crippen molar-refractivity contribution in [3.63, 3.8) is 0 Å². The minimum atomic E-state index is -0.274. The second-order valence-electron chi connectivity index (χ2n) is 2.98. The van der Waals surface area contributed by atoms with E-state index in [9.17, 15) is 4.79 Å². The van der Waals surface area contributed by atoms with Gasteiger partial charge in [-0.2, -0.15) is 0 Å². The van der Waals surface area contributed by atoms with E-state index in [2.05, 4.69) is 10.3 Å². The van der Waals surface area contributed by atoms with Gasteiger partial charge in [0, 0.05) is 12.1 Å². The predicted molar refractivity (Wildman–Crippen MR) is 66.8 cm³/mol. The fourth-order valence-corrected chi connectivity index (χ4v) is 1.34. The van der Waals surface area contributed by atoms with Crippen molar-refractivity contribution in [3.05, 3.63) is 28.8 Å². The quantitative estimate of drug-likeness (QED) is 0.495. The van der Waals surface area contributed by atoms with E-state index in [1.54, 1.807) is 12.1 Å². The van der Waals surface area contributed by atoms with Gasteiger partial charge in [-0.05, 0) is 18.2 Å². The summed E-state index contributed by atoms with van der Waals surface area (Å²) >= 11 is 11.3. The molecule has 0 heterocycles. The lowest BCUT2D eigenvalue weighted by atomic mass is 10.1. The third-order valence-electron chi connectivity index (χ3n) is 1.83. The van der Waals surface area contributed by atoms with Crippen LogP contribution in [0.25, 0.3) is 0 Å². The Morgan fingerprint density at radius 2 is 2.25 bits per heavy atom. The van der Waals surface area contributed by atoms with Gasteiger partial charge in [-0.1, -0.05) is 11.6 Å². The molecule has 0 aliphatic heterocycles. The first kappa shape index (κ1) is 12.8. The zero-order valence-electron chi connectivity index (χ0n) is 8.63. The van der Waals surface area contributed by atoms with Crippen LogP contribution in [0.15, 0.2) is 23.2 Å². The number of carbonyl (C=O) groups excluding carboxylic acids is 1.